The first kappa shape index (κ1) is 24.8. The summed E-state index contributed by atoms with van der Waals surface area (Å²) in [6.45, 7) is 4.93. The molecule has 0 aromatic heterocycles. The first-order valence-corrected chi connectivity index (χ1v) is 12.0. The van der Waals surface area contributed by atoms with Gasteiger partial charge in [0.2, 0.25) is 11.8 Å². The zero-order valence-corrected chi connectivity index (χ0v) is 20.8. The second-order valence-electron chi connectivity index (χ2n) is 9.03. The van der Waals surface area contributed by atoms with Crippen LogP contribution in [0.15, 0.2) is 48.5 Å². The smallest absolute Gasteiger partial charge is 0.241 e. The quantitative estimate of drug-likeness (QED) is 0.646. The molecule has 1 unspecified atom stereocenters. The predicted molar refractivity (Wildman–Crippen MR) is 137 cm³/mol. The Morgan fingerprint density at radius 3 is 2.40 bits per heavy atom. The van der Waals surface area contributed by atoms with Crippen LogP contribution >= 0.6 is 0 Å². The van der Waals surface area contributed by atoms with E-state index in [-0.39, 0.29) is 18.4 Å². The molecule has 2 amide bonds. The molecule has 2 aliphatic heterocycles. The number of methoxy groups -OCH3 is 1. The highest BCUT2D eigenvalue weighted by atomic mass is 16.5. The van der Waals surface area contributed by atoms with E-state index in [0.29, 0.717) is 26.3 Å². The summed E-state index contributed by atoms with van der Waals surface area (Å²) in [5.41, 5.74) is 2.81. The first-order valence-electron chi connectivity index (χ1n) is 12.0. The molecule has 0 spiro atoms. The van der Waals surface area contributed by atoms with E-state index in [4.69, 9.17) is 9.47 Å². The highest BCUT2D eigenvalue weighted by Crippen LogP contribution is 2.27. The molecule has 9 nitrogen and oxygen atoms in total. The minimum Gasteiger partial charge on any atom is -0.497 e. The zero-order valence-electron chi connectivity index (χ0n) is 20.8. The number of carbonyl (C=O) groups excluding carboxylic acids is 2. The van der Waals surface area contributed by atoms with Crippen molar-refractivity contribution in [1.29, 1.82) is 0 Å². The Labute approximate surface area is 207 Å². The summed E-state index contributed by atoms with van der Waals surface area (Å²) in [7, 11) is 5.15. The molecule has 0 saturated carbocycles. The van der Waals surface area contributed by atoms with Gasteiger partial charge < -0.3 is 29.5 Å². The number of rotatable bonds is 7. The molecule has 188 valence electrons. The van der Waals surface area contributed by atoms with Gasteiger partial charge in [0.1, 0.15) is 11.8 Å². The molecule has 1 atom stereocenters. The molecule has 2 heterocycles. The fourth-order valence-corrected chi connectivity index (χ4v) is 4.60. The summed E-state index contributed by atoms with van der Waals surface area (Å²) in [6.07, 6.45) is 0. The van der Waals surface area contributed by atoms with Crippen LogP contribution in [0.4, 0.5) is 17.1 Å². The third-order valence-corrected chi connectivity index (χ3v) is 6.53. The van der Waals surface area contributed by atoms with Crippen molar-refractivity contribution in [2.24, 2.45) is 0 Å². The van der Waals surface area contributed by atoms with Gasteiger partial charge in [-0.05, 0) is 36.4 Å². The molecule has 2 saturated heterocycles. The van der Waals surface area contributed by atoms with E-state index < -0.39 is 6.04 Å². The SMILES string of the molecule is COc1ccc(N2CCN(CC(=O)Nc3ccccc3N3CCOCC3)C(C(=O)N(C)C)C2)cc1. The van der Waals surface area contributed by atoms with Gasteiger partial charge >= 0.3 is 0 Å². The molecule has 9 heteroatoms. The van der Waals surface area contributed by atoms with Crippen LogP contribution in [0.2, 0.25) is 0 Å². The average molecular weight is 482 g/mol. The van der Waals surface area contributed by atoms with E-state index in [9.17, 15) is 9.59 Å². The van der Waals surface area contributed by atoms with Crippen molar-refractivity contribution in [2.75, 3.05) is 88.8 Å². The van der Waals surface area contributed by atoms with Crippen molar-refractivity contribution >= 4 is 28.9 Å². The number of hydrogen-bond donors (Lipinski definition) is 1. The van der Waals surface area contributed by atoms with Crippen molar-refractivity contribution in [3.05, 3.63) is 48.5 Å². The number of para-hydroxylation sites is 2. The Morgan fingerprint density at radius 2 is 1.71 bits per heavy atom. The van der Waals surface area contributed by atoms with E-state index in [1.54, 1.807) is 26.1 Å². The molecule has 1 N–H and O–H groups in total. The van der Waals surface area contributed by atoms with Gasteiger partial charge in [0, 0.05) is 52.5 Å². The van der Waals surface area contributed by atoms with Gasteiger partial charge in [-0.3, -0.25) is 14.5 Å². The van der Waals surface area contributed by atoms with Gasteiger partial charge in [-0.2, -0.15) is 0 Å². The number of amides is 2. The van der Waals surface area contributed by atoms with Crippen LogP contribution < -0.4 is 19.9 Å². The molecule has 2 aromatic rings. The van der Waals surface area contributed by atoms with E-state index in [0.717, 1.165) is 42.4 Å². The predicted octanol–water partition coefficient (Wildman–Crippen LogP) is 1.75. The number of nitrogens with zero attached hydrogens (tertiary/aromatic N) is 4. The molecule has 35 heavy (non-hydrogen) atoms. The third-order valence-electron chi connectivity index (χ3n) is 6.53. The van der Waals surface area contributed by atoms with Gasteiger partial charge in [-0.15, -0.1) is 0 Å². The Bertz CT molecular complexity index is 1010. The van der Waals surface area contributed by atoms with Crippen molar-refractivity contribution < 1.29 is 19.1 Å². The number of anilines is 3. The normalized spacial score (nSPS) is 18.8. The van der Waals surface area contributed by atoms with Crippen LogP contribution in [0.25, 0.3) is 0 Å². The lowest BCUT2D eigenvalue weighted by Gasteiger charge is -2.42. The summed E-state index contributed by atoms with van der Waals surface area (Å²) in [5, 5.41) is 3.08. The number of ether oxygens (including phenoxy) is 2. The minimum atomic E-state index is -0.416. The van der Waals surface area contributed by atoms with Crippen molar-refractivity contribution in [2.45, 2.75) is 6.04 Å². The van der Waals surface area contributed by atoms with Gasteiger partial charge in [0.15, 0.2) is 0 Å². The standard InChI is InChI=1S/C26H35N5O4/c1-28(2)26(33)24-18-30(20-8-10-21(34-3)11-9-20)12-13-31(24)19-25(32)27-22-6-4-5-7-23(22)29-14-16-35-17-15-29/h4-11,24H,12-19H2,1-3H3,(H,27,32). The molecule has 0 radical (unpaired) electrons. The number of nitrogens with one attached hydrogen (secondary N) is 1. The maximum absolute atomic E-state index is 13.1. The summed E-state index contributed by atoms with van der Waals surface area (Å²) >= 11 is 0. The monoisotopic (exact) mass is 481 g/mol. The summed E-state index contributed by atoms with van der Waals surface area (Å²) in [4.78, 5) is 34.2. The van der Waals surface area contributed by atoms with Crippen LogP contribution in [0, 0.1) is 0 Å². The lowest BCUT2D eigenvalue weighted by molar-refractivity contribution is -0.135. The Morgan fingerprint density at radius 1 is 1.00 bits per heavy atom. The largest absolute Gasteiger partial charge is 0.497 e. The summed E-state index contributed by atoms with van der Waals surface area (Å²) in [6, 6.07) is 15.3. The average Bonchev–Trinajstić information content (AvgIpc) is 2.89. The molecule has 4 rings (SSSR count). The van der Waals surface area contributed by atoms with Crippen molar-refractivity contribution in [1.82, 2.24) is 9.80 Å². The first-order chi connectivity index (χ1) is 17.0. The van der Waals surface area contributed by atoms with Gasteiger partial charge in [-0.1, -0.05) is 12.1 Å². The number of likely N-dealkylation sites (N-methyl/N-ethyl adjacent to an activating group) is 1. The van der Waals surface area contributed by atoms with Gasteiger partial charge in [-0.25, -0.2) is 0 Å². The fourth-order valence-electron chi connectivity index (χ4n) is 4.60. The minimum absolute atomic E-state index is 0.00951. The molecular weight excluding hydrogens is 446 g/mol. The molecule has 0 aliphatic carbocycles. The van der Waals surface area contributed by atoms with Crippen LogP contribution in [0.3, 0.4) is 0 Å². The van der Waals surface area contributed by atoms with Gasteiger partial charge in [0.05, 0.1) is 38.2 Å². The van der Waals surface area contributed by atoms with Crippen LogP contribution in [-0.4, -0.2) is 101 Å². The fraction of sp³-hybridized carbons (Fsp3) is 0.462. The highest BCUT2D eigenvalue weighted by Gasteiger charge is 2.34. The molecule has 2 aromatic carbocycles. The number of piperazine rings is 1. The van der Waals surface area contributed by atoms with Gasteiger partial charge in [0.25, 0.3) is 0 Å². The summed E-state index contributed by atoms with van der Waals surface area (Å²) in [5.74, 6) is 0.659. The van der Waals surface area contributed by atoms with E-state index in [1.165, 1.54) is 0 Å². The van der Waals surface area contributed by atoms with Crippen LogP contribution in [-0.2, 0) is 14.3 Å². The molecule has 2 fully saturated rings. The number of morpholine rings is 1. The Kier molecular flexibility index (Phi) is 8.09. The van der Waals surface area contributed by atoms with Crippen LogP contribution in [0.5, 0.6) is 5.75 Å². The summed E-state index contributed by atoms with van der Waals surface area (Å²) < 4.78 is 10.7. The Balaban J connectivity index is 1.45. The second-order valence-corrected chi connectivity index (χ2v) is 9.03. The third kappa shape index (κ3) is 6.04. The van der Waals surface area contributed by atoms with Crippen molar-refractivity contribution in [3.8, 4) is 5.75 Å². The maximum atomic E-state index is 13.1. The lowest BCUT2D eigenvalue weighted by Crippen LogP contribution is -2.60. The topological polar surface area (TPSA) is 77.6 Å². The van der Waals surface area contributed by atoms with E-state index >= 15 is 0 Å². The molecule has 2 aliphatic rings. The second kappa shape index (κ2) is 11.4. The number of carbonyl (C=O) groups is 2. The van der Waals surface area contributed by atoms with Crippen molar-refractivity contribution in [3.63, 3.8) is 0 Å². The lowest BCUT2D eigenvalue weighted by atomic mass is 10.1. The van der Waals surface area contributed by atoms with E-state index in [2.05, 4.69) is 15.1 Å². The molecular formula is C26H35N5O4. The van der Waals surface area contributed by atoms with Crippen LogP contribution in [0.1, 0.15) is 0 Å². The van der Waals surface area contributed by atoms with E-state index in [1.807, 2.05) is 53.4 Å². The zero-order chi connectivity index (χ0) is 24.8. The maximum Gasteiger partial charge on any atom is 0.241 e. The highest BCUT2D eigenvalue weighted by molar-refractivity contribution is 5.96. The Hall–Kier alpha value is -3.30. The number of hydrogen-bond acceptors (Lipinski definition) is 7. The number of benzene rings is 2. The molecule has 0 bridgehead atoms.